The number of benzene rings is 1. The van der Waals surface area contributed by atoms with Gasteiger partial charge >= 0.3 is 0 Å². The standard InChI is InChI=1S/C10H10ClFN2/c1-2-14-10(6-13)8-4-3-7(12)5-9(8)11/h3-5,10,14H,2H2,1H3. The summed E-state index contributed by atoms with van der Waals surface area (Å²) in [5.74, 6) is -0.396. The maximum atomic E-state index is 12.7. The van der Waals surface area contributed by atoms with Crippen LogP contribution in [0.4, 0.5) is 4.39 Å². The number of nitrogens with zero attached hydrogens (tertiary/aromatic N) is 1. The Balaban J connectivity index is 3.00. The second-order valence-electron chi connectivity index (χ2n) is 2.79. The summed E-state index contributed by atoms with van der Waals surface area (Å²) in [5, 5.41) is 12.1. The van der Waals surface area contributed by atoms with E-state index in [0.717, 1.165) is 0 Å². The zero-order valence-electron chi connectivity index (χ0n) is 7.72. The lowest BCUT2D eigenvalue weighted by Gasteiger charge is -2.11. The first-order valence-corrected chi connectivity index (χ1v) is 4.64. The highest BCUT2D eigenvalue weighted by atomic mass is 35.5. The van der Waals surface area contributed by atoms with Gasteiger partial charge in [0.2, 0.25) is 0 Å². The molecule has 0 bridgehead atoms. The molecular weight excluding hydrogens is 203 g/mol. The molecule has 14 heavy (non-hydrogen) atoms. The van der Waals surface area contributed by atoms with Crippen molar-refractivity contribution in [1.82, 2.24) is 5.32 Å². The van der Waals surface area contributed by atoms with Crippen LogP contribution >= 0.6 is 11.6 Å². The smallest absolute Gasteiger partial charge is 0.124 e. The molecule has 0 aromatic heterocycles. The first kappa shape index (κ1) is 11.0. The average molecular weight is 213 g/mol. The van der Waals surface area contributed by atoms with E-state index in [1.807, 2.05) is 6.92 Å². The third kappa shape index (κ3) is 2.44. The first-order chi connectivity index (χ1) is 6.69. The van der Waals surface area contributed by atoms with Crippen molar-refractivity contribution in [3.05, 3.63) is 34.6 Å². The first-order valence-electron chi connectivity index (χ1n) is 4.27. The molecule has 0 amide bonds. The molecule has 74 valence electrons. The van der Waals surface area contributed by atoms with Crippen LogP contribution in [0.2, 0.25) is 5.02 Å². The summed E-state index contributed by atoms with van der Waals surface area (Å²) in [6.45, 7) is 2.55. The van der Waals surface area contributed by atoms with Gasteiger partial charge in [0.05, 0.1) is 6.07 Å². The molecule has 1 N–H and O–H groups in total. The third-order valence-corrected chi connectivity index (χ3v) is 2.14. The highest BCUT2D eigenvalue weighted by Gasteiger charge is 2.12. The molecule has 0 fully saturated rings. The fourth-order valence-electron chi connectivity index (χ4n) is 1.16. The van der Waals surface area contributed by atoms with Crippen LogP contribution in [0.1, 0.15) is 18.5 Å². The number of hydrogen-bond acceptors (Lipinski definition) is 2. The summed E-state index contributed by atoms with van der Waals surface area (Å²) < 4.78 is 12.7. The minimum atomic E-state index is -0.479. The van der Waals surface area contributed by atoms with Crippen molar-refractivity contribution < 1.29 is 4.39 Å². The molecule has 2 nitrogen and oxygen atoms in total. The lowest BCUT2D eigenvalue weighted by atomic mass is 10.1. The molecule has 1 unspecified atom stereocenters. The Kier molecular flexibility index (Phi) is 3.87. The molecule has 1 rings (SSSR count). The van der Waals surface area contributed by atoms with E-state index in [0.29, 0.717) is 12.1 Å². The second-order valence-corrected chi connectivity index (χ2v) is 3.19. The predicted octanol–water partition coefficient (Wildman–Crippen LogP) is 2.65. The van der Waals surface area contributed by atoms with Crippen molar-refractivity contribution in [2.45, 2.75) is 13.0 Å². The highest BCUT2D eigenvalue weighted by Crippen LogP contribution is 2.23. The third-order valence-electron chi connectivity index (χ3n) is 1.81. The molecule has 0 saturated heterocycles. The number of nitriles is 1. The quantitative estimate of drug-likeness (QED) is 0.836. The zero-order chi connectivity index (χ0) is 10.6. The SMILES string of the molecule is CCNC(C#N)c1ccc(F)cc1Cl. The molecule has 1 aromatic carbocycles. The maximum absolute atomic E-state index is 12.7. The molecule has 0 aliphatic rings. The average Bonchev–Trinajstić information content (AvgIpc) is 2.15. The number of hydrogen-bond donors (Lipinski definition) is 1. The van der Waals surface area contributed by atoms with Gasteiger partial charge < -0.3 is 0 Å². The van der Waals surface area contributed by atoms with Crippen LogP contribution in [0, 0.1) is 17.1 Å². The van der Waals surface area contributed by atoms with E-state index in [9.17, 15) is 4.39 Å². The molecule has 0 radical (unpaired) electrons. The Hall–Kier alpha value is -1.11. The van der Waals surface area contributed by atoms with Crippen molar-refractivity contribution in [3.8, 4) is 6.07 Å². The minimum Gasteiger partial charge on any atom is -0.298 e. The van der Waals surface area contributed by atoms with Crippen molar-refractivity contribution in [1.29, 1.82) is 5.26 Å². The molecular formula is C10H10ClFN2. The highest BCUT2D eigenvalue weighted by molar-refractivity contribution is 6.31. The van der Waals surface area contributed by atoms with Gasteiger partial charge in [0.25, 0.3) is 0 Å². The van der Waals surface area contributed by atoms with Crippen LogP contribution in [0.25, 0.3) is 0 Å². The summed E-state index contributed by atoms with van der Waals surface area (Å²) in [4.78, 5) is 0. The number of nitrogens with one attached hydrogen (secondary N) is 1. The van der Waals surface area contributed by atoms with Gasteiger partial charge in [-0.05, 0) is 18.7 Å². The van der Waals surface area contributed by atoms with Gasteiger partial charge in [-0.1, -0.05) is 24.6 Å². The Bertz CT molecular complexity index is 360. The molecule has 0 spiro atoms. The Morgan fingerprint density at radius 2 is 2.36 bits per heavy atom. The topological polar surface area (TPSA) is 35.8 Å². The van der Waals surface area contributed by atoms with E-state index in [2.05, 4.69) is 11.4 Å². The Morgan fingerprint density at radius 3 is 2.86 bits per heavy atom. The molecule has 1 aromatic rings. The monoisotopic (exact) mass is 212 g/mol. The summed E-state index contributed by atoms with van der Waals surface area (Å²) in [5.41, 5.74) is 0.609. The predicted molar refractivity (Wildman–Crippen MR) is 53.4 cm³/mol. The summed E-state index contributed by atoms with van der Waals surface area (Å²) in [6.07, 6.45) is 0. The summed E-state index contributed by atoms with van der Waals surface area (Å²) in [6, 6.07) is 5.61. The minimum absolute atomic E-state index is 0.275. The largest absolute Gasteiger partial charge is 0.298 e. The molecule has 0 aliphatic carbocycles. The van der Waals surface area contributed by atoms with Gasteiger partial charge in [-0.15, -0.1) is 0 Å². The second kappa shape index (κ2) is 4.94. The van der Waals surface area contributed by atoms with E-state index >= 15 is 0 Å². The Labute approximate surface area is 87.3 Å². The van der Waals surface area contributed by atoms with Gasteiger partial charge in [0.1, 0.15) is 11.9 Å². The summed E-state index contributed by atoms with van der Waals surface area (Å²) in [7, 11) is 0. The molecule has 0 aliphatic heterocycles. The molecule has 0 saturated carbocycles. The van der Waals surface area contributed by atoms with Crippen molar-refractivity contribution in [3.63, 3.8) is 0 Å². The summed E-state index contributed by atoms with van der Waals surface area (Å²) >= 11 is 5.81. The van der Waals surface area contributed by atoms with Gasteiger partial charge in [0, 0.05) is 10.6 Å². The molecule has 4 heteroatoms. The number of halogens is 2. The lowest BCUT2D eigenvalue weighted by molar-refractivity contribution is 0.621. The fraction of sp³-hybridized carbons (Fsp3) is 0.300. The normalized spacial score (nSPS) is 12.1. The molecule has 1 atom stereocenters. The van der Waals surface area contributed by atoms with Crippen LogP contribution in [0.3, 0.4) is 0 Å². The van der Waals surface area contributed by atoms with Crippen molar-refractivity contribution in [2.24, 2.45) is 0 Å². The van der Waals surface area contributed by atoms with Gasteiger partial charge in [-0.3, -0.25) is 5.32 Å². The van der Waals surface area contributed by atoms with E-state index in [-0.39, 0.29) is 5.02 Å². The van der Waals surface area contributed by atoms with Crippen LogP contribution in [-0.4, -0.2) is 6.54 Å². The van der Waals surface area contributed by atoms with Crippen LogP contribution in [0.15, 0.2) is 18.2 Å². The van der Waals surface area contributed by atoms with E-state index in [1.54, 1.807) is 0 Å². The van der Waals surface area contributed by atoms with E-state index < -0.39 is 11.9 Å². The van der Waals surface area contributed by atoms with Gasteiger partial charge in [-0.2, -0.15) is 5.26 Å². The molecule has 0 heterocycles. The maximum Gasteiger partial charge on any atom is 0.124 e. The van der Waals surface area contributed by atoms with Crippen LogP contribution in [0.5, 0.6) is 0 Å². The van der Waals surface area contributed by atoms with E-state index in [1.165, 1.54) is 18.2 Å². The van der Waals surface area contributed by atoms with E-state index in [4.69, 9.17) is 16.9 Å². The van der Waals surface area contributed by atoms with Crippen molar-refractivity contribution in [2.75, 3.05) is 6.54 Å². The fourth-order valence-corrected chi connectivity index (χ4v) is 1.44. The number of rotatable bonds is 3. The van der Waals surface area contributed by atoms with Gasteiger partial charge in [0.15, 0.2) is 0 Å². The van der Waals surface area contributed by atoms with Gasteiger partial charge in [-0.25, -0.2) is 4.39 Å². The van der Waals surface area contributed by atoms with Crippen LogP contribution < -0.4 is 5.32 Å². The van der Waals surface area contributed by atoms with Crippen molar-refractivity contribution >= 4 is 11.6 Å². The zero-order valence-corrected chi connectivity index (χ0v) is 8.48. The Morgan fingerprint density at radius 1 is 1.64 bits per heavy atom. The lowest BCUT2D eigenvalue weighted by Crippen LogP contribution is -2.19. The van der Waals surface area contributed by atoms with Crippen LogP contribution in [-0.2, 0) is 0 Å².